The van der Waals surface area contributed by atoms with E-state index in [0.717, 1.165) is 16.6 Å². The smallest absolute Gasteiger partial charge is 0.0737 e. The molecule has 1 aromatic heterocycles. The van der Waals surface area contributed by atoms with Crippen LogP contribution in [0.25, 0.3) is 10.9 Å². The number of hydrogen-bond donors (Lipinski definition) is 1. The van der Waals surface area contributed by atoms with Crippen molar-refractivity contribution in [3.8, 4) is 0 Å². The van der Waals surface area contributed by atoms with Gasteiger partial charge in [0.15, 0.2) is 0 Å². The Labute approximate surface area is 112 Å². The second-order valence-corrected chi connectivity index (χ2v) is 4.94. The fourth-order valence-electron chi connectivity index (χ4n) is 2.12. The Morgan fingerprint density at radius 2 is 2.11 bits per heavy atom. The standard InChI is InChI=1S/C14H17ClN2O/c1-10(2)17(7-8-18)14-5-6-16-13-9-11(15)3-4-12(13)14/h3-6,9-10,18H,7-8H2,1-2H3. The number of fused-ring (bicyclic) bond motifs is 1. The van der Waals surface area contributed by atoms with Gasteiger partial charge in [-0.15, -0.1) is 0 Å². The van der Waals surface area contributed by atoms with Gasteiger partial charge < -0.3 is 10.0 Å². The van der Waals surface area contributed by atoms with Crippen LogP contribution in [0, 0.1) is 0 Å². The van der Waals surface area contributed by atoms with E-state index in [1.54, 1.807) is 6.20 Å². The lowest BCUT2D eigenvalue weighted by atomic mass is 10.1. The second-order valence-electron chi connectivity index (χ2n) is 4.50. The molecule has 1 aromatic carbocycles. The minimum Gasteiger partial charge on any atom is -0.395 e. The molecule has 0 spiro atoms. The molecule has 4 heteroatoms. The minimum atomic E-state index is 0.135. The van der Waals surface area contributed by atoms with Crippen LogP contribution in [0.4, 0.5) is 5.69 Å². The SMILES string of the molecule is CC(C)N(CCO)c1ccnc2cc(Cl)ccc12. The van der Waals surface area contributed by atoms with Crippen LogP contribution >= 0.6 is 11.6 Å². The van der Waals surface area contributed by atoms with Crippen molar-refractivity contribution < 1.29 is 5.11 Å². The van der Waals surface area contributed by atoms with Crippen molar-refractivity contribution in [3.05, 3.63) is 35.5 Å². The van der Waals surface area contributed by atoms with Gasteiger partial charge in [0.1, 0.15) is 0 Å². The Morgan fingerprint density at radius 1 is 1.33 bits per heavy atom. The van der Waals surface area contributed by atoms with Crippen LogP contribution in [-0.4, -0.2) is 29.3 Å². The van der Waals surface area contributed by atoms with E-state index in [2.05, 4.69) is 23.7 Å². The summed E-state index contributed by atoms with van der Waals surface area (Å²) < 4.78 is 0. The normalized spacial score (nSPS) is 11.2. The lowest BCUT2D eigenvalue weighted by Gasteiger charge is -2.29. The van der Waals surface area contributed by atoms with E-state index in [1.165, 1.54) is 0 Å². The largest absolute Gasteiger partial charge is 0.395 e. The van der Waals surface area contributed by atoms with Gasteiger partial charge in [0.25, 0.3) is 0 Å². The number of aliphatic hydroxyl groups is 1. The van der Waals surface area contributed by atoms with E-state index in [1.807, 2.05) is 24.3 Å². The van der Waals surface area contributed by atoms with Gasteiger partial charge in [-0.1, -0.05) is 11.6 Å². The Morgan fingerprint density at radius 3 is 2.78 bits per heavy atom. The van der Waals surface area contributed by atoms with Crippen molar-refractivity contribution >= 4 is 28.2 Å². The quantitative estimate of drug-likeness (QED) is 0.922. The third-order valence-electron chi connectivity index (χ3n) is 2.96. The van der Waals surface area contributed by atoms with E-state index in [9.17, 15) is 5.11 Å². The topological polar surface area (TPSA) is 36.4 Å². The van der Waals surface area contributed by atoms with Crippen molar-refractivity contribution in [2.24, 2.45) is 0 Å². The zero-order valence-electron chi connectivity index (χ0n) is 10.6. The molecule has 3 nitrogen and oxygen atoms in total. The molecule has 2 rings (SSSR count). The fourth-order valence-corrected chi connectivity index (χ4v) is 2.29. The van der Waals surface area contributed by atoms with Crippen molar-refractivity contribution in [3.63, 3.8) is 0 Å². The van der Waals surface area contributed by atoms with E-state index >= 15 is 0 Å². The first-order valence-corrected chi connectivity index (χ1v) is 6.43. The highest BCUT2D eigenvalue weighted by Crippen LogP contribution is 2.28. The second kappa shape index (κ2) is 5.55. The zero-order valence-corrected chi connectivity index (χ0v) is 11.4. The van der Waals surface area contributed by atoms with Crippen LogP contribution < -0.4 is 4.90 Å². The molecule has 0 aliphatic carbocycles. The summed E-state index contributed by atoms with van der Waals surface area (Å²) in [5.74, 6) is 0. The summed E-state index contributed by atoms with van der Waals surface area (Å²) in [6.07, 6.45) is 1.78. The molecule has 1 heterocycles. The molecule has 96 valence electrons. The third kappa shape index (κ3) is 2.57. The molecular weight excluding hydrogens is 248 g/mol. The zero-order chi connectivity index (χ0) is 13.1. The highest BCUT2D eigenvalue weighted by atomic mass is 35.5. The van der Waals surface area contributed by atoms with E-state index in [4.69, 9.17) is 11.6 Å². The molecule has 0 saturated heterocycles. The molecule has 1 N–H and O–H groups in total. The predicted octanol–water partition coefficient (Wildman–Crippen LogP) is 3.10. The van der Waals surface area contributed by atoms with Crippen LogP contribution in [0.15, 0.2) is 30.5 Å². The molecule has 0 radical (unpaired) electrons. The summed E-state index contributed by atoms with van der Waals surface area (Å²) in [6, 6.07) is 8.00. The highest BCUT2D eigenvalue weighted by molar-refractivity contribution is 6.31. The number of nitrogens with zero attached hydrogens (tertiary/aromatic N) is 2. The Kier molecular flexibility index (Phi) is 4.04. The molecule has 0 aliphatic heterocycles. The maximum absolute atomic E-state index is 9.18. The summed E-state index contributed by atoms with van der Waals surface area (Å²) >= 11 is 5.98. The number of hydrogen-bond acceptors (Lipinski definition) is 3. The van der Waals surface area contributed by atoms with Crippen LogP contribution in [0.5, 0.6) is 0 Å². The monoisotopic (exact) mass is 264 g/mol. The number of rotatable bonds is 4. The number of benzene rings is 1. The molecule has 0 amide bonds. The van der Waals surface area contributed by atoms with Gasteiger partial charge in [0.2, 0.25) is 0 Å². The van der Waals surface area contributed by atoms with E-state index in [0.29, 0.717) is 17.6 Å². The number of halogens is 1. The van der Waals surface area contributed by atoms with E-state index in [-0.39, 0.29) is 6.61 Å². The molecule has 0 atom stereocenters. The van der Waals surface area contributed by atoms with Gasteiger partial charge in [-0.25, -0.2) is 0 Å². The first kappa shape index (κ1) is 13.1. The number of aromatic nitrogens is 1. The summed E-state index contributed by atoms with van der Waals surface area (Å²) in [7, 11) is 0. The van der Waals surface area contributed by atoms with Crippen molar-refractivity contribution in [1.29, 1.82) is 0 Å². The number of pyridine rings is 1. The summed E-state index contributed by atoms with van der Waals surface area (Å²) in [6.45, 7) is 4.96. The van der Waals surface area contributed by atoms with Crippen LogP contribution in [0.2, 0.25) is 5.02 Å². The van der Waals surface area contributed by atoms with E-state index < -0.39 is 0 Å². The molecular formula is C14H17ClN2O. The molecule has 0 bridgehead atoms. The van der Waals surface area contributed by atoms with Crippen LogP contribution in [0.3, 0.4) is 0 Å². The molecule has 2 aromatic rings. The van der Waals surface area contributed by atoms with Crippen molar-refractivity contribution in [2.45, 2.75) is 19.9 Å². The fraction of sp³-hybridized carbons (Fsp3) is 0.357. The lowest BCUT2D eigenvalue weighted by Crippen LogP contribution is -2.33. The predicted molar refractivity (Wildman–Crippen MR) is 76.3 cm³/mol. The van der Waals surface area contributed by atoms with Crippen molar-refractivity contribution in [1.82, 2.24) is 4.98 Å². The average Bonchev–Trinajstić information content (AvgIpc) is 2.34. The van der Waals surface area contributed by atoms with Gasteiger partial charge >= 0.3 is 0 Å². The highest BCUT2D eigenvalue weighted by Gasteiger charge is 2.13. The maximum atomic E-state index is 9.18. The maximum Gasteiger partial charge on any atom is 0.0737 e. The van der Waals surface area contributed by atoms with Gasteiger partial charge in [-0.2, -0.15) is 0 Å². The number of anilines is 1. The molecule has 0 unspecified atom stereocenters. The lowest BCUT2D eigenvalue weighted by molar-refractivity contribution is 0.299. The van der Waals surface area contributed by atoms with Gasteiger partial charge in [0, 0.05) is 34.9 Å². The summed E-state index contributed by atoms with van der Waals surface area (Å²) in [5.41, 5.74) is 1.96. The summed E-state index contributed by atoms with van der Waals surface area (Å²) in [5, 5.41) is 10.9. The van der Waals surface area contributed by atoms with Crippen LogP contribution in [0.1, 0.15) is 13.8 Å². The molecule has 18 heavy (non-hydrogen) atoms. The number of aliphatic hydroxyl groups excluding tert-OH is 1. The van der Waals surface area contributed by atoms with Crippen molar-refractivity contribution in [2.75, 3.05) is 18.1 Å². The Hall–Kier alpha value is -1.32. The molecule has 0 saturated carbocycles. The average molecular weight is 265 g/mol. The third-order valence-corrected chi connectivity index (χ3v) is 3.19. The first-order valence-electron chi connectivity index (χ1n) is 6.05. The first-order chi connectivity index (χ1) is 8.63. The Balaban J connectivity index is 2.55. The molecule has 0 aliphatic rings. The van der Waals surface area contributed by atoms with Gasteiger partial charge in [-0.05, 0) is 38.1 Å². The minimum absolute atomic E-state index is 0.135. The van der Waals surface area contributed by atoms with Gasteiger partial charge in [0.05, 0.1) is 12.1 Å². The Bertz CT molecular complexity index is 542. The van der Waals surface area contributed by atoms with Crippen LogP contribution in [-0.2, 0) is 0 Å². The summed E-state index contributed by atoms with van der Waals surface area (Å²) in [4.78, 5) is 6.50. The molecule has 0 fully saturated rings. The van der Waals surface area contributed by atoms with Gasteiger partial charge in [-0.3, -0.25) is 4.98 Å².